The van der Waals surface area contributed by atoms with Gasteiger partial charge in [0.25, 0.3) is 5.91 Å². The van der Waals surface area contributed by atoms with Gasteiger partial charge in [0.15, 0.2) is 0 Å². The number of aliphatic hydroxyl groups excluding tert-OH is 1. The van der Waals surface area contributed by atoms with Crippen LogP contribution in [0.5, 0.6) is 0 Å². The molecule has 2 saturated heterocycles. The van der Waals surface area contributed by atoms with E-state index in [0.29, 0.717) is 55.9 Å². The van der Waals surface area contributed by atoms with E-state index in [2.05, 4.69) is 52.9 Å². The zero-order valence-electron chi connectivity index (χ0n) is 22.1. The molecule has 0 radical (unpaired) electrons. The molecule has 10 heteroatoms. The van der Waals surface area contributed by atoms with Crippen molar-refractivity contribution in [1.29, 1.82) is 0 Å². The summed E-state index contributed by atoms with van der Waals surface area (Å²) in [6.45, 7) is 11.0. The molecule has 1 amide bonds. The molecule has 5 heterocycles. The van der Waals surface area contributed by atoms with Crippen LogP contribution in [-0.4, -0.2) is 80.3 Å². The Morgan fingerprint density at radius 3 is 2.76 bits per heavy atom. The summed E-state index contributed by atoms with van der Waals surface area (Å²) in [7, 11) is 0. The average molecular weight is 508 g/mol. The lowest BCUT2D eigenvalue weighted by molar-refractivity contribution is 0.0207. The molecule has 2 fully saturated rings. The van der Waals surface area contributed by atoms with Crippen LogP contribution in [0.2, 0.25) is 0 Å². The first-order valence-electron chi connectivity index (χ1n) is 13.1. The highest BCUT2D eigenvalue weighted by molar-refractivity contribution is 6.07. The van der Waals surface area contributed by atoms with Crippen molar-refractivity contribution in [3.05, 3.63) is 36.3 Å². The number of anilines is 3. The highest BCUT2D eigenvalue weighted by Gasteiger charge is 2.35. The Bertz CT molecular complexity index is 1250. The Labute approximate surface area is 217 Å². The summed E-state index contributed by atoms with van der Waals surface area (Å²) in [5.41, 5.74) is 1.24. The van der Waals surface area contributed by atoms with E-state index >= 15 is 0 Å². The summed E-state index contributed by atoms with van der Waals surface area (Å²) in [5, 5.41) is 14.3. The van der Waals surface area contributed by atoms with E-state index in [1.54, 1.807) is 24.7 Å². The van der Waals surface area contributed by atoms with Gasteiger partial charge in [-0.3, -0.25) is 4.79 Å². The number of aromatic nitrogens is 4. The zero-order chi connectivity index (χ0) is 26.2. The van der Waals surface area contributed by atoms with Gasteiger partial charge < -0.3 is 29.9 Å². The highest BCUT2D eigenvalue weighted by atomic mass is 16.5. The van der Waals surface area contributed by atoms with Crippen molar-refractivity contribution in [1.82, 2.24) is 24.8 Å². The molecule has 3 aromatic heterocycles. The second kappa shape index (κ2) is 10.3. The van der Waals surface area contributed by atoms with Gasteiger partial charge in [-0.1, -0.05) is 13.8 Å². The van der Waals surface area contributed by atoms with Crippen molar-refractivity contribution < 1.29 is 14.6 Å². The Kier molecular flexibility index (Phi) is 7.04. The van der Waals surface area contributed by atoms with E-state index in [1.807, 2.05) is 11.0 Å². The predicted octanol–water partition coefficient (Wildman–Crippen LogP) is 3.72. The third-order valence-electron chi connectivity index (χ3n) is 7.53. The first-order valence-corrected chi connectivity index (χ1v) is 13.1. The van der Waals surface area contributed by atoms with Gasteiger partial charge in [-0.2, -0.15) is 4.98 Å². The zero-order valence-corrected chi connectivity index (χ0v) is 22.1. The summed E-state index contributed by atoms with van der Waals surface area (Å²) < 4.78 is 5.50. The fourth-order valence-corrected chi connectivity index (χ4v) is 5.40. The number of ether oxygens (including phenoxy) is 1. The molecule has 10 nitrogen and oxygen atoms in total. The van der Waals surface area contributed by atoms with Crippen LogP contribution in [0.15, 0.2) is 30.7 Å². The van der Waals surface area contributed by atoms with E-state index in [4.69, 9.17) is 9.72 Å². The predicted molar refractivity (Wildman–Crippen MR) is 143 cm³/mol. The summed E-state index contributed by atoms with van der Waals surface area (Å²) in [5.74, 6) is 1.90. The maximum absolute atomic E-state index is 13.6. The van der Waals surface area contributed by atoms with Gasteiger partial charge in [-0.05, 0) is 39.2 Å². The van der Waals surface area contributed by atoms with Crippen molar-refractivity contribution in [3.63, 3.8) is 0 Å². The van der Waals surface area contributed by atoms with E-state index < -0.39 is 0 Å². The number of pyridine rings is 1. The molecule has 0 spiro atoms. The number of hydrogen-bond acceptors (Lipinski definition) is 8. The average Bonchev–Trinajstić information content (AvgIpc) is 3.30. The molecule has 3 aromatic rings. The lowest BCUT2D eigenvalue weighted by Crippen LogP contribution is -2.49. The number of carbonyl (C=O) groups is 1. The Morgan fingerprint density at radius 2 is 2.03 bits per heavy atom. The van der Waals surface area contributed by atoms with Crippen molar-refractivity contribution >= 4 is 34.4 Å². The second-order valence-electron chi connectivity index (χ2n) is 11.0. The molecule has 0 bridgehead atoms. The fraction of sp³-hybridized carbons (Fsp3) is 0.556. The number of piperidine rings is 1. The van der Waals surface area contributed by atoms with Crippen LogP contribution in [0.4, 0.5) is 17.6 Å². The number of H-pyrrole nitrogens is 1. The number of amides is 1. The van der Waals surface area contributed by atoms with Gasteiger partial charge >= 0.3 is 0 Å². The summed E-state index contributed by atoms with van der Waals surface area (Å²) in [6.07, 6.45) is 7.31. The molecule has 1 atom stereocenters. The SMILES string of the molecule is CC(C)N(C(=O)c1c[nH]c2cc(Nc3ccnc(N4CCC(O)C(C)(C)C4)n3)ncc12)C1CCOCC1. The maximum Gasteiger partial charge on any atom is 0.256 e. The second-order valence-corrected chi connectivity index (χ2v) is 11.0. The van der Waals surface area contributed by atoms with Gasteiger partial charge in [-0.25, -0.2) is 9.97 Å². The van der Waals surface area contributed by atoms with E-state index in [0.717, 1.165) is 23.7 Å². The summed E-state index contributed by atoms with van der Waals surface area (Å²) >= 11 is 0. The third-order valence-corrected chi connectivity index (χ3v) is 7.53. The highest BCUT2D eigenvalue weighted by Crippen LogP contribution is 2.31. The number of aromatic amines is 1. The number of fused-ring (bicyclic) bond motifs is 1. The largest absolute Gasteiger partial charge is 0.392 e. The van der Waals surface area contributed by atoms with E-state index in [9.17, 15) is 9.90 Å². The molecule has 1 unspecified atom stereocenters. The Morgan fingerprint density at radius 1 is 1.24 bits per heavy atom. The van der Waals surface area contributed by atoms with E-state index in [1.165, 1.54) is 0 Å². The summed E-state index contributed by atoms with van der Waals surface area (Å²) in [4.78, 5) is 34.6. The van der Waals surface area contributed by atoms with Gasteiger partial charge in [0.2, 0.25) is 5.95 Å². The molecule has 0 aliphatic carbocycles. The first-order chi connectivity index (χ1) is 17.7. The first kappa shape index (κ1) is 25.4. The number of nitrogens with one attached hydrogen (secondary N) is 2. The normalized spacial score (nSPS) is 20.4. The minimum Gasteiger partial charge on any atom is -0.392 e. The number of carbonyl (C=O) groups excluding carboxylic acids is 1. The smallest absolute Gasteiger partial charge is 0.256 e. The van der Waals surface area contributed by atoms with Crippen LogP contribution in [0.25, 0.3) is 10.9 Å². The minimum absolute atomic E-state index is 0.0191. The van der Waals surface area contributed by atoms with Gasteiger partial charge in [0, 0.05) is 73.8 Å². The fourth-order valence-electron chi connectivity index (χ4n) is 5.40. The van der Waals surface area contributed by atoms with Gasteiger partial charge in [-0.15, -0.1) is 0 Å². The van der Waals surface area contributed by atoms with Crippen molar-refractivity contribution in [2.75, 3.05) is 36.5 Å². The van der Waals surface area contributed by atoms with Crippen LogP contribution < -0.4 is 10.2 Å². The van der Waals surface area contributed by atoms with Gasteiger partial charge in [0.05, 0.1) is 17.2 Å². The number of nitrogens with zero attached hydrogens (tertiary/aromatic N) is 5. The Balaban J connectivity index is 1.33. The molecule has 2 aliphatic heterocycles. The standard InChI is InChI=1S/C27H37N7O3/c1-17(2)34(18-7-11-37-12-8-18)25(36)20-15-29-21-13-24(30-14-19(20)21)31-23-5-9-28-26(32-23)33-10-6-22(35)27(3,4)16-33/h5,9,13-15,17-18,22,29,35H,6-8,10-12,16H2,1-4H3,(H,28,30,31,32). The third kappa shape index (κ3) is 5.26. The van der Waals surface area contributed by atoms with Crippen LogP contribution in [0, 0.1) is 5.41 Å². The van der Waals surface area contributed by atoms with Crippen molar-refractivity contribution in [2.45, 2.75) is 65.1 Å². The Hall–Kier alpha value is -3.24. The lowest BCUT2D eigenvalue weighted by atomic mass is 9.81. The molecule has 2 aliphatic rings. The molecule has 5 rings (SSSR count). The summed E-state index contributed by atoms with van der Waals surface area (Å²) in [6, 6.07) is 3.97. The van der Waals surface area contributed by atoms with Crippen molar-refractivity contribution in [3.8, 4) is 0 Å². The minimum atomic E-state index is -0.331. The van der Waals surface area contributed by atoms with Crippen molar-refractivity contribution in [2.24, 2.45) is 5.41 Å². The van der Waals surface area contributed by atoms with Gasteiger partial charge in [0.1, 0.15) is 11.6 Å². The molecule has 0 aromatic carbocycles. The molecule has 0 saturated carbocycles. The van der Waals surface area contributed by atoms with Crippen LogP contribution in [0.3, 0.4) is 0 Å². The molecular weight excluding hydrogens is 470 g/mol. The number of rotatable bonds is 6. The lowest BCUT2D eigenvalue weighted by Gasteiger charge is -2.41. The number of hydrogen-bond donors (Lipinski definition) is 3. The molecule has 37 heavy (non-hydrogen) atoms. The van der Waals surface area contributed by atoms with Crippen LogP contribution in [0.1, 0.15) is 57.3 Å². The van der Waals surface area contributed by atoms with Crippen LogP contribution in [-0.2, 0) is 4.74 Å². The van der Waals surface area contributed by atoms with Crippen LogP contribution >= 0.6 is 0 Å². The molecule has 198 valence electrons. The monoisotopic (exact) mass is 507 g/mol. The molecule has 3 N–H and O–H groups in total. The quantitative estimate of drug-likeness (QED) is 0.462. The van der Waals surface area contributed by atoms with E-state index in [-0.39, 0.29) is 29.5 Å². The maximum atomic E-state index is 13.6. The number of aliphatic hydroxyl groups is 1. The molecular formula is C27H37N7O3. The topological polar surface area (TPSA) is 120 Å².